The standard InChI is InChI=1S/C22H35NO4/c1-21(2,3)20(24)27-16-26-18-11-9-17(10-12-18)19(15-23(4)5)22(25)13-7-6-8-14-22/h9-12,19,25H,6-8,13-16H2,1-5H3/t19-/m1/s1. The van der Waals surface area contributed by atoms with Crippen molar-refractivity contribution in [3.63, 3.8) is 0 Å². The maximum absolute atomic E-state index is 11.8. The highest BCUT2D eigenvalue weighted by Gasteiger charge is 2.38. The van der Waals surface area contributed by atoms with Gasteiger partial charge in [0.15, 0.2) is 0 Å². The smallest absolute Gasteiger partial charge is 0.314 e. The van der Waals surface area contributed by atoms with Gasteiger partial charge in [-0.25, -0.2) is 0 Å². The summed E-state index contributed by atoms with van der Waals surface area (Å²) in [6, 6.07) is 7.80. The van der Waals surface area contributed by atoms with E-state index in [-0.39, 0.29) is 18.7 Å². The highest BCUT2D eigenvalue weighted by atomic mass is 16.7. The highest BCUT2D eigenvalue weighted by Crippen LogP contribution is 2.40. The first-order chi connectivity index (χ1) is 12.6. The molecule has 1 aliphatic rings. The van der Waals surface area contributed by atoms with Crippen LogP contribution in [0.1, 0.15) is 64.4 Å². The summed E-state index contributed by atoms with van der Waals surface area (Å²) >= 11 is 0. The van der Waals surface area contributed by atoms with Crippen LogP contribution in [0.25, 0.3) is 0 Å². The molecule has 1 atom stereocenters. The van der Waals surface area contributed by atoms with Gasteiger partial charge in [-0.15, -0.1) is 0 Å². The molecule has 2 rings (SSSR count). The van der Waals surface area contributed by atoms with Crippen molar-refractivity contribution < 1.29 is 19.4 Å². The molecule has 1 N–H and O–H groups in total. The fourth-order valence-electron chi connectivity index (χ4n) is 3.63. The molecule has 0 unspecified atom stereocenters. The van der Waals surface area contributed by atoms with Gasteiger partial charge in [-0.1, -0.05) is 31.4 Å². The minimum Gasteiger partial charge on any atom is -0.457 e. The van der Waals surface area contributed by atoms with Crippen molar-refractivity contribution in [3.05, 3.63) is 29.8 Å². The molecule has 0 amide bonds. The van der Waals surface area contributed by atoms with Gasteiger partial charge in [0.1, 0.15) is 5.75 Å². The van der Waals surface area contributed by atoms with Crippen LogP contribution in [0.5, 0.6) is 5.75 Å². The van der Waals surface area contributed by atoms with E-state index in [9.17, 15) is 9.90 Å². The highest BCUT2D eigenvalue weighted by molar-refractivity contribution is 5.75. The molecular weight excluding hydrogens is 342 g/mol. The number of benzene rings is 1. The number of esters is 1. The van der Waals surface area contributed by atoms with Crippen LogP contribution in [-0.2, 0) is 9.53 Å². The van der Waals surface area contributed by atoms with Crippen LogP contribution in [-0.4, -0.2) is 49.0 Å². The number of hydrogen-bond donors (Lipinski definition) is 1. The Balaban J connectivity index is 2.03. The van der Waals surface area contributed by atoms with Crippen molar-refractivity contribution in [2.24, 2.45) is 5.41 Å². The number of hydrogen-bond acceptors (Lipinski definition) is 5. The molecule has 1 aliphatic carbocycles. The SMILES string of the molecule is CN(C)C[C@H](c1ccc(OCOC(=O)C(C)(C)C)cc1)C1(O)CCCCC1. The van der Waals surface area contributed by atoms with Gasteiger partial charge in [-0.3, -0.25) is 4.79 Å². The first-order valence-electron chi connectivity index (χ1n) is 9.89. The average Bonchev–Trinajstić information content (AvgIpc) is 2.60. The van der Waals surface area contributed by atoms with E-state index in [1.54, 1.807) is 0 Å². The first kappa shape index (κ1) is 21.7. The largest absolute Gasteiger partial charge is 0.457 e. The molecule has 1 aromatic rings. The number of carbonyl (C=O) groups excluding carboxylic acids is 1. The third kappa shape index (κ3) is 6.22. The second kappa shape index (κ2) is 9.07. The topological polar surface area (TPSA) is 59.0 Å². The Morgan fingerprint density at radius 2 is 1.74 bits per heavy atom. The van der Waals surface area contributed by atoms with Crippen LogP contribution in [0.15, 0.2) is 24.3 Å². The molecule has 0 heterocycles. The van der Waals surface area contributed by atoms with Gasteiger partial charge in [0.25, 0.3) is 0 Å². The molecule has 0 radical (unpaired) electrons. The molecule has 27 heavy (non-hydrogen) atoms. The zero-order valence-corrected chi connectivity index (χ0v) is 17.5. The Labute approximate surface area is 163 Å². The normalized spacial score (nSPS) is 18.2. The van der Waals surface area contributed by atoms with Crippen LogP contribution >= 0.6 is 0 Å². The van der Waals surface area contributed by atoms with Gasteiger partial charge in [0, 0.05) is 12.5 Å². The van der Waals surface area contributed by atoms with Crippen molar-refractivity contribution >= 4 is 5.97 Å². The second-order valence-corrected chi connectivity index (χ2v) is 8.99. The van der Waals surface area contributed by atoms with Crippen LogP contribution in [0.2, 0.25) is 0 Å². The summed E-state index contributed by atoms with van der Waals surface area (Å²) in [5.41, 5.74) is -0.0676. The molecular formula is C22H35NO4. The summed E-state index contributed by atoms with van der Waals surface area (Å²) in [4.78, 5) is 13.9. The Kier molecular flexibility index (Phi) is 7.29. The van der Waals surface area contributed by atoms with Crippen LogP contribution in [0.4, 0.5) is 0 Å². The molecule has 1 aromatic carbocycles. The fraction of sp³-hybridized carbons (Fsp3) is 0.682. The number of nitrogens with zero attached hydrogens (tertiary/aromatic N) is 1. The maximum Gasteiger partial charge on any atom is 0.314 e. The molecule has 0 aliphatic heterocycles. The molecule has 5 nitrogen and oxygen atoms in total. The Morgan fingerprint density at radius 1 is 1.15 bits per heavy atom. The molecule has 1 fully saturated rings. The van der Waals surface area contributed by atoms with Crippen LogP contribution in [0.3, 0.4) is 0 Å². The minimum atomic E-state index is -0.646. The van der Waals surface area contributed by atoms with Gasteiger partial charge in [-0.2, -0.15) is 0 Å². The van der Waals surface area contributed by atoms with Crippen molar-refractivity contribution in [3.8, 4) is 5.75 Å². The summed E-state index contributed by atoms with van der Waals surface area (Å²) in [5, 5.41) is 11.3. The van der Waals surface area contributed by atoms with E-state index in [0.717, 1.165) is 37.8 Å². The molecule has 0 spiro atoms. The number of rotatable bonds is 7. The van der Waals surface area contributed by atoms with E-state index in [0.29, 0.717) is 5.75 Å². The van der Waals surface area contributed by atoms with E-state index in [4.69, 9.17) is 9.47 Å². The Bertz CT molecular complexity index is 598. The lowest BCUT2D eigenvalue weighted by molar-refractivity contribution is -0.159. The number of ether oxygens (including phenoxy) is 2. The van der Waals surface area contributed by atoms with Crippen molar-refractivity contribution in [1.82, 2.24) is 4.90 Å². The first-order valence-corrected chi connectivity index (χ1v) is 9.89. The zero-order valence-electron chi connectivity index (χ0n) is 17.5. The minimum absolute atomic E-state index is 0.0700. The fourth-order valence-corrected chi connectivity index (χ4v) is 3.63. The van der Waals surface area contributed by atoms with Crippen molar-refractivity contribution in [2.45, 2.75) is 64.4 Å². The predicted octanol–water partition coefficient (Wildman–Crippen LogP) is 3.95. The van der Waals surface area contributed by atoms with E-state index < -0.39 is 11.0 Å². The maximum atomic E-state index is 11.8. The lowest BCUT2D eigenvalue weighted by atomic mass is 9.72. The lowest BCUT2D eigenvalue weighted by Gasteiger charge is -2.40. The molecule has 5 heteroatoms. The summed E-state index contributed by atoms with van der Waals surface area (Å²) in [6.07, 6.45) is 5.08. The van der Waals surface area contributed by atoms with E-state index in [2.05, 4.69) is 4.90 Å². The van der Waals surface area contributed by atoms with E-state index in [1.807, 2.05) is 59.1 Å². The van der Waals surface area contributed by atoms with Gasteiger partial charge in [0.05, 0.1) is 11.0 Å². The summed E-state index contributed by atoms with van der Waals surface area (Å²) in [7, 11) is 4.08. The quantitative estimate of drug-likeness (QED) is 0.576. The van der Waals surface area contributed by atoms with E-state index in [1.165, 1.54) is 6.42 Å². The van der Waals surface area contributed by atoms with Gasteiger partial charge >= 0.3 is 5.97 Å². The molecule has 152 valence electrons. The molecule has 0 saturated heterocycles. The third-order valence-electron chi connectivity index (χ3n) is 5.23. The molecule has 0 bridgehead atoms. The summed E-state index contributed by atoms with van der Waals surface area (Å²) in [5.74, 6) is 0.435. The van der Waals surface area contributed by atoms with Crippen molar-refractivity contribution in [2.75, 3.05) is 27.4 Å². The number of aliphatic hydroxyl groups is 1. The monoisotopic (exact) mass is 377 g/mol. The van der Waals surface area contributed by atoms with Crippen LogP contribution < -0.4 is 4.74 Å². The zero-order chi connectivity index (χ0) is 20.1. The van der Waals surface area contributed by atoms with E-state index >= 15 is 0 Å². The van der Waals surface area contributed by atoms with Crippen LogP contribution in [0, 0.1) is 5.41 Å². The Morgan fingerprint density at radius 3 is 2.26 bits per heavy atom. The van der Waals surface area contributed by atoms with Gasteiger partial charge in [0.2, 0.25) is 6.79 Å². The molecule has 1 saturated carbocycles. The summed E-state index contributed by atoms with van der Waals surface area (Å²) < 4.78 is 10.7. The van der Waals surface area contributed by atoms with Gasteiger partial charge < -0.3 is 19.5 Å². The van der Waals surface area contributed by atoms with Gasteiger partial charge in [-0.05, 0) is 65.4 Å². The molecule has 0 aromatic heterocycles. The predicted molar refractivity (Wildman–Crippen MR) is 107 cm³/mol. The third-order valence-corrected chi connectivity index (χ3v) is 5.23. The number of likely N-dealkylation sites (N-methyl/N-ethyl adjacent to an activating group) is 1. The van der Waals surface area contributed by atoms with Crippen molar-refractivity contribution in [1.29, 1.82) is 0 Å². The number of carbonyl (C=O) groups is 1. The lowest BCUT2D eigenvalue weighted by Crippen LogP contribution is -2.42. The summed E-state index contributed by atoms with van der Waals surface area (Å²) in [6.45, 7) is 6.14. The second-order valence-electron chi connectivity index (χ2n) is 8.99. The Hall–Kier alpha value is -1.59. The average molecular weight is 378 g/mol.